The average molecular weight is 331 g/mol. The van der Waals surface area contributed by atoms with E-state index in [2.05, 4.69) is 15.2 Å². The lowest BCUT2D eigenvalue weighted by molar-refractivity contribution is -0.119. The number of hydrogen-bond donors (Lipinski definition) is 2. The summed E-state index contributed by atoms with van der Waals surface area (Å²) in [4.78, 5) is 13.1. The molecule has 2 aromatic rings. The van der Waals surface area contributed by atoms with Crippen molar-refractivity contribution in [2.45, 2.75) is 18.4 Å². The predicted molar refractivity (Wildman–Crippen MR) is 88.3 cm³/mol. The molecular weight excluding hydrogens is 314 g/mol. The van der Waals surface area contributed by atoms with Crippen LogP contribution in [0.2, 0.25) is 0 Å². The summed E-state index contributed by atoms with van der Waals surface area (Å²) in [6.45, 7) is 1.78. The van der Waals surface area contributed by atoms with Gasteiger partial charge in [0.05, 0.1) is 11.1 Å². The van der Waals surface area contributed by atoms with Crippen molar-refractivity contribution in [3.63, 3.8) is 0 Å². The van der Waals surface area contributed by atoms with Crippen molar-refractivity contribution in [3.8, 4) is 0 Å². The molecule has 23 heavy (non-hydrogen) atoms. The van der Waals surface area contributed by atoms with Crippen LogP contribution in [-0.2, 0) is 21.4 Å². The second-order valence-corrected chi connectivity index (χ2v) is 6.48. The Hall–Kier alpha value is -2.67. The maximum absolute atomic E-state index is 12.1. The molecule has 2 N–H and O–H groups in total. The van der Waals surface area contributed by atoms with Crippen LogP contribution >= 0.6 is 0 Å². The number of hydrogen-bond acceptors (Lipinski definition) is 4. The molecule has 0 unspecified atom stereocenters. The Morgan fingerprint density at radius 2 is 1.74 bits per heavy atom. The number of carbonyl (C=O) groups is 1. The van der Waals surface area contributed by atoms with Crippen LogP contribution in [-0.4, -0.2) is 20.5 Å². The van der Waals surface area contributed by atoms with E-state index >= 15 is 0 Å². The van der Waals surface area contributed by atoms with Crippen LogP contribution in [0.15, 0.2) is 64.6 Å². The SMILES string of the molecule is CC(=O)NCc1ccc(S(=O)(=O)N/N=C\c2ccccc2)cc1. The lowest BCUT2D eigenvalue weighted by atomic mass is 10.2. The van der Waals surface area contributed by atoms with Crippen LogP contribution in [0.1, 0.15) is 18.1 Å². The summed E-state index contributed by atoms with van der Waals surface area (Å²) in [5, 5.41) is 6.40. The standard InChI is InChI=1S/C16H17N3O3S/c1-13(20)17-11-15-7-9-16(10-8-15)23(21,22)19-18-12-14-5-3-2-4-6-14/h2-10,12,19H,11H2,1H3,(H,17,20)/b18-12-. The summed E-state index contributed by atoms with van der Waals surface area (Å²) in [6, 6.07) is 15.4. The van der Waals surface area contributed by atoms with Gasteiger partial charge in [0.15, 0.2) is 0 Å². The zero-order chi connectivity index (χ0) is 16.7. The number of nitrogens with one attached hydrogen (secondary N) is 2. The number of hydrazone groups is 1. The fourth-order valence-corrected chi connectivity index (χ4v) is 2.57. The highest BCUT2D eigenvalue weighted by atomic mass is 32.2. The summed E-state index contributed by atoms with van der Waals surface area (Å²) >= 11 is 0. The third-order valence-electron chi connectivity index (χ3n) is 2.96. The first-order valence-electron chi connectivity index (χ1n) is 6.91. The fourth-order valence-electron chi connectivity index (χ4n) is 1.78. The quantitative estimate of drug-likeness (QED) is 0.623. The summed E-state index contributed by atoms with van der Waals surface area (Å²) < 4.78 is 24.2. The molecule has 0 aliphatic heterocycles. The Bertz CT molecular complexity index is 785. The van der Waals surface area contributed by atoms with Gasteiger partial charge in [-0.1, -0.05) is 42.5 Å². The van der Waals surface area contributed by atoms with Gasteiger partial charge in [0.1, 0.15) is 0 Å². The Balaban J connectivity index is 2.01. The highest BCUT2D eigenvalue weighted by Crippen LogP contribution is 2.10. The van der Waals surface area contributed by atoms with E-state index < -0.39 is 10.0 Å². The van der Waals surface area contributed by atoms with E-state index in [0.717, 1.165) is 11.1 Å². The highest BCUT2D eigenvalue weighted by molar-refractivity contribution is 7.89. The van der Waals surface area contributed by atoms with Crippen LogP contribution in [0.3, 0.4) is 0 Å². The molecule has 0 radical (unpaired) electrons. The van der Waals surface area contributed by atoms with Crippen molar-refractivity contribution in [2.24, 2.45) is 5.10 Å². The lowest BCUT2D eigenvalue weighted by Gasteiger charge is -2.06. The van der Waals surface area contributed by atoms with Crippen LogP contribution in [0.5, 0.6) is 0 Å². The van der Waals surface area contributed by atoms with Crippen molar-refractivity contribution in [1.82, 2.24) is 10.1 Å². The number of rotatable bonds is 6. The number of amides is 1. The van der Waals surface area contributed by atoms with E-state index in [1.165, 1.54) is 25.3 Å². The predicted octanol–water partition coefficient (Wildman–Crippen LogP) is 1.64. The first kappa shape index (κ1) is 16.7. The van der Waals surface area contributed by atoms with E-state index in [1.54, 1.807) is 12.1 Å². The van der Waals surface area contributed by atoms with Crippen LogP contribution < -0.4 is 10.1 Å². The second kappa shape index (κ2) is 7.55. The minimum atomic E-state index is -3.71. The molecule has 0 aromatic heterocycles. The Morgan fingerprint density at radius 1 is 1.09 bits per heavy atom. The van der Waals surface area contributed by atoms with E-state index in [-0.39, 0.29) is 10.8 Å². The maximum atomic E-state index is 12.1. The normalized spacial score (nSPS) is 11.3. The zero-order valence-corrected chi connectivity index (χ0v) is 13.4. The average Bonchev–Trinajstić information content (AvgIpc) is 2.54. The van der Waals surface area contributed by atoms with Gasteiger partial charge in [-0.05, 0) is 23.3 Å². The lowest BCUT2D eigenvalue weighted by Crippen LogP contribution is -2.20. The van der Waals surface area contributed by atoms with Gasteiger partial charge >= 0.3 is 0 Å². The molecule has 2 aromatic carbocycles. The molecule has 0 saturated carbocycles. The van der Waals surface area contributed by atoms with Gasteiger partial charge in [0.25, 0.3) is 10.0 Å². The van der Waals surface area contributed by atoms with Crippen LogP contribution in [0.4, 0.5) is 0 Å². The molecular formula is C16H17N3O3S. The molecule has 0 heterocycles. The minimum Gasteiger partial charge on any atom is -0.352 e. The van der Waals surface area contributed by atoms with Crippen LogP contribution in [0, 0.1) is 0 Å². The van der Waals surface area contributed by atoms with E-state index in [1.807, 2.05) is 30.3 Å². The van der Waals surface area contributed by atoms with Gasteiger partial charge in [0.2, 0.25) is 5.91 Å². The molecule has 0 spiro atoms. The van der Waals surface area contributed by atoms with Gasteiger partial charge in [-0.3, -0.25) is 4.79 Å². The van der Waals surface area contributed by atoms with Crippen molar-refractivity contribution in [3.05, 3.63) is 65.7 Å². The van der Waals surface area contributed by atoms with Gasteiger partial charge in [-0.2, -0.15) is 13.5 Å². The Kier molecular flexibility index (Phi) is 5.48. The Labute approximate surface area is 135 Å². The summed E-state index contributed by atoms with van der Waals surface area (Å²) in [5.74, 6) is -0.140. The van der Waals surface area contributed by atoms with Gasteiger partial charge in [-0.25, -0.2) is 4.83 Å². The third kappa shape index (κ3) is 5.23. The molecule has 0 aliphatic carbocycles. The molecule has 0 aliphatic rings. The number of nitrogens with zero attached hydrogens (tertiary/aromatic N) is 1. The van der Waals surface area contributed by atoms with Crippen molar-refractivity contribution in [1.29, 1.82) is 0 Å². The molecule has 0 atom stereocenters. The molecule has 7 heteroatoms. The first-order chi connectivity index (χ1) is 11.0. The largest absolute Gasteiger partial charge is 0.352 e. The summed E-state index contributed by atoms with van der Waals surface area (Å²) in [5.41, 5.74) is 1.60. The maximum Gasteiger partial charge on any atom is 0.276 e. The smallest absolute Gasteiger partial charge is 0.276 e. The number of carbonyl (C=O) groups excluding carboxylic acids is 1. The molecule has 0 saturated heterocycles. The molecule has 1 amide bonds. The van der Waals surface area contributed by atoms with Crippen LogP contribution in [0.25, 0.3) is 0 Å². The first-order valence-corrected chi connectivity index (χ1v) is 8.39. The van der Waals surface area contributed by atoms with Gasteiger partial charge in [-0.15, -0.1) is 0 Å². The minimum absolute atomic E-state index is 0.106. The molecule has 120 valence electrons. The molecule has 0 fully saturated rings. The van der Waals surface area contributed by atoms with E-state index in [9.17, 15) is 13.2 Å². The summed E-state index contributed by atoms with van der Waals surface area (Å²) in [7, 11) is -3.71. The fraction of sp³-hybridized carbons (Fsp3) is 0.125. The topological polar surface area (TPSA) is 87.6 Å². The van der Waals surface area contributed by atoms with Gasteiger partial charge < -0.3 is 5.32 Å². The van der Waals surface area contributed by atoms with Gasteiger partial charge in [0, 0.05) is 13.5 Å². The van der Waals surface area contributed by atoms with E-state index in [0.29, 0.717) is 6.54 Å². The number of benzene rings is 2. The zero-order valence-electron chi connectivity index (χ0n) is 12.6. The number of sulfonamides is 1. The third-order valence-corrected chi connectivity index (χ3v) is 4.20. The molecule has 0 bridgehead atoms. The highest BCUT2D eigenvalue weighted by Gasteiger charge is 2.12. The van der Waals surface area contributed by atoms with E-state index in [4.69, 9.17) is 0 Å². The van der Waals surface area contributed by atoms with Crippen molar-refractivity contribution >= 4 is 22.1 Å². The summed E-state index contributed by atoms with van der Waals surface area (Å²) in [6.07, 6.45) is 1.43. The monoisotopic (exact) mass is 331 g/mol. The second-order valence-electron chi connectivity index (χ2n) is 4.82. The van der Waals surface area contributed by atoms with Crippen molar-refractivity contribution in [2.75, 3.05) is 0 Å². The van der Waals surface area contributed by atoms with Crippen molar-refractivity contribution < 1.29 is 13.2 Å². The molecule has 6 nitrogen and oxygen atoms in total. The molecule has 2 rings (SSSR count). The Morgan fingerprint density at radius 3 is 2.35 bits per heavy atom.